The van der Waals surface area contributed by atoms with Crippen LogP contribution in [0.4, 0.5) is 8.78 Å². The monoisotopic (exact) mass is 339 g/mol. The molecule has 0 saturated heterocycles. The first-order valence-electron chi connectivity index (χ1n) is 7.87. The standard InChI is InChI=1S/C18H15F2N5/c19-14-2-1-12(9-15(14)20)10-22-17-3-4-18-23-11-16(25(18)24-17)13-5-7-21-8-6-13/h1-9,16H,10-11H2,(H,22,24). The normalized spacial score (nSPS) is 20.4. The minimum atomic E-state index is -0.864. The molecule has 0 aliphatic carbocycles. The molecule has 0 spiro atoms. The van der Waals surface area contributed by atoms with E-state index in [0.717, 1.165) is 23.5 Å². The van der Waals surface area contributed by atoms with Crippen molar-refractivity contribution in [3.63, 3.8) is 0 Å². The van der Waals surface area contributed by atoms with Crippen LogP contribution in [0.5, 0.6) is 0 Å². The first-order chi connectivity index (χ1) is 12.2. The zero-order chi connectivity index (χ0) is 17.2. The molecule has 0 saturated carbocycles. The van der Waals surface area contributed by atoms with E-state index in [1.165, 1.54) is 6.07 Å². The van der Waals surface area contributed by atoms with Crippen LogP contribution in [-0.2, 0) is 6.54 Å². The molecular formula is C18H15F2N5. The van der Waals surface area contributed by atoms with Crippen LogP contribution in [0.15, 0.2) is 64.9 Å². The molecular weight excluding hydrogens is 324 g/mol. The van der Waals surface area contributed by atoms with Crippen molar-refractivity contribution >= 4 is 11.7 Å². The Hall–Kier alpha value is -3.09. The van der Waals surface area contributed by atoms with Crippen LogP contribution in [0.3, 0.4) is 0 Å². The predicted octanol–water partition coefficient (Wildman–Crippen LogP) is 2.79. The fourth-order valence-corrected chi connectivity index (χ4v) is 2.82. The molecule has 2 aromatic rings. The second-order valence-electron chi connectivity index (χ2n) is 5.76. The Balaban J connectivity index is 1.51. The molecule has 0 radical (unpaired) electrons. The zero-order valence-corrected chi connectivity index (χ0v) is 13.2. The predicted molar refractivity (Wildman–Crippen MR) is 90.9 cm³/mol. The van der Waals surface area contributed by atoms with Crippen molar-refractivity contribution in [3.05, 3.63) is 77.6 Å². The van der Waals surface area contributed by atoms with Crippen LogP contribution in [0.1, 0.15) is 17.2 Å². The number of aliphatic imine (C=N–C) groups is 2. The van der Waals surface area contributed by atoms with Gasteiger partial charge in [0.15, 0.2) is 11.6 Å². The van der Waals surface area contributed by atoms with Gasteiger partial charge in [0.2, 0.25) is 0 Å². The molecule has 1 N–H and O–H groups in total. The molecule has 1 aromatic heterocycles. The van der Waals surface area contributed by atoms with Crippen LogP contribution in [-0.4, -0.2) is 28.2 Å². The van der Waals surface area contributed by atoms with Crippen LogP contribution in [0.2, 0.25) is 0 Å². The Morgan fingerprint density at radius 3 is 2.76 bits per heavy atom. The topological polar surface area (TPSA) is 52.9 Å². The molecule has 25 heavy (non-hydrogen) atoms. The number of fused-ring (bicyclic) bond motifs is 1. The SMILES string of the molecule is Fc1ccc(CN=C2C=CC3=NCC(c4ccncc4)N3N2)cc1F. The van der Waals surface area contributed by atoms with Gasteiger partial charge in [-0.15, -0.1) is 0 Å². The van der Waals surface area contributed by atoms with Crippen molar-refractivity contribution in [2.75, 3.05) is 6.54 Å². The Bertz CT molecular complexity index is 876. The molecule has 0 bridgehead atoms. The minimum Gasteiger partial charge on any atom is -0.280 e. The van der Waals surface area contributed by atoms with Crippen LogP contribution < -0.4 is 5.43 Å². The van der Waals surface area contributed by atoms with Gasteiger partial charge < -0.3 is 0 Å². The lowest BCUT2D eigenvalue weighted by atomic mass is 10.1. The number of nitrogens with zero attached hydrogens (tertiary/aromatic N) is 4. The Kier molecular flexibility index (Phi) is 3.97. The lowest BCUT2D eigenvalue weighted by Gasteiger charge is -2.30. The first-order valence-corrected chi connectivity index (χ1v) is 7.87. The van der Waals surface area contributed by atoms with E-state index in [1.807, 2.05) is 29.3 Å². The number of aromatic nitrogens is 1. The summed E-state index contributed by atoms with van der Waals surface area (Å²) in [6.07, 6.45) is 7.22. The molecule has 0 amide bonds. The van der Waals surface area contributed by atoms with E-state index in [0.29, 0.717) is 17.9 Å². The number of amidine groups is 2. The number of rotatable bonds is 3. The summed E-state index contributed by atoms with van der Waals surface area (Å²) in [5.41, 5.74) is 4.95. The smallest absolute Gasteiger partial charge is 0.159 e. The van der Waals surface area contributed by atoms with E-state index >= 15 is 0 Å². The Labute approximate surface area is 143 Å². The number of hydrogen-bond donors (Lipinski definition) is 1. The summed E-state index contributed by atoms with van der Waals surface area (Å²) in [5.74, 6) is -0.236. The molecule has 2 aliphatic heterocycles. The number of pyridine rings is 1. The molecule has 1 aromatic carbocycles. The highest BCUT2D eigenvalue weighted by molar-refractivity contribution is 6.06. The summed E-state index contributed by atoms with van der Waals surface area (Å²) in [5, 5.41) is 1.96. The Morgan fingerprint density at radius 2 is 1.96 bits per heavy atom. The van der Waals surface area contributed by atoms with Gasteiger partial charge in [0.05, 0.1) is 19.1 Å². The van der Waals surface area contributed by atoms with E-state index < -0.39 is 11.6 Å². The highest BCUT2D eigenvalue weighted by atomic mass is 19.2. The van der Waals surface area contributed by atoms with Gasteiger partial charge in [0.1, 0.15) is 11.7 Å². The quantitative estimate of drug-likeness (QED) is 0.936. The molecule has 3 heterocycles. The highest BCUT2D eigenvalue weighted by Gasteiger charge is 2.30. The molecule has 4 rings (SSSR count). The Morgan fingerprint density at radius 1 is 1.12 bits per heavy atom. The lowest BCUT2D eigenvalue weighted by Crippen LogP contribution is -2.47. The summed E-state index contributed by atoms with van der Waals surface area (Å²) in [6, 6.07) is 7.78. The van der Waals surface area contributed by atoms with Gasteiger partial charge in [-0.1, -0.05) is 6.07 Å². The van der Waals surface area contributed by atoms with Crippen molar-refractivity contribution in [2.45, 2.75) is 12.6 Å². The molecule has 2 aliphatic rings. The molecule has 1 unspecified atom stereocenters. The average Bonchev–Trinajstić information content (AvgIpc) is 3.06. The molecule has 0 fully saturated rings. The van der Waals surface area contributed by atoms with Gasteiger partial charge in [0, 0.05) is 12.4 Å². The number of hydrogen-bond acceptors (Lipinski definition) is 4. The fourth-order valence-electron chi connectivity index (χ4n) is 2.82. The summed E-state index contributed by atoms with van der Waals surface area (Å²) in [7, 11) is 0. The summed E-state index contributed by atoms with van der Waals surface area (Å²) in [4.78, 5) is 13.0. The summed E-state index contributed by atoms with van der Waals surface area (Å²) >= 11 is 0. The lowest BCUT2D eigenvalue weighted by molar-refractivity contribution is 0.310. The van der Waals surface area contributed by atoms with E-state index in [-0.39, 0.29) is 12.6 Å². The second-order valence-corrected chi connectivity index (χ2v) is 5.76. The molecule has 1 atom stereocenters. The van der Waals surface area contributed by atoms with E-state index in [4.69, 9.17) is 0 Å². The van der Waals surface area contributed by atoms with Gasteiger partial charge in [-0.3, -0.25) is 25.4 Å². The van der Waals surface area contributed by atoms with Crippen molar-refractivity contribution in [3.8, 4) is 0 Å². The fraction of sp³-hybridized carbons (Fsp3) is 0.167. The number of benzene rings is 1. The van der Waals surface area contributed by atoms with E-state index in [1.54, 1.807) is 12.4 Å². The number of hydrazine groups is 1. The molecule has 7 heteroatoms. The largest absolute Gasteiger partial charge is 0.280 e. The third kappa shape index (κ3) is 3.13. The van der Waals surface area contributed by atoms with E-state index in [2.05, 4.69) is 20.4 Å². The van der Waals surface area contributed by atoms with Crippen molar-refractivity contribution < 1.29 is 8.78 Å². The van der Waals surface area contributed by atoms with Gasteiger partial charge in [-0.05, 0) is 47.5 Å². The molecule has 126 valence electrons. The maximum Gasteiger partial charge on any atom is 0.159 e. The maximum absolute atomic E-state index is 13.3. The third-order valence-electron chi connectivity index (χ3n) is 4.12. The van der Waals surface area contributed by atoms with Crippen LogP contribution in [0.25, 0.3) is 0 Å². The second kappa shape index (κ2) is 6.43. The van der Waals surface area contributed by atoms with Crippen molar-refractivity contribution in [2.24, 2.45) is 9.98 Å². The highest BCUT2D eigenvalue weighted by Crippen LogP contribution is 2.26. The first kappa shape index (κ1) is 15.4. The maximum atomic E-state index is 13.3. The van der Waals surface area contributed by atoms with E-state index in [9.17, 15) is 8.78 Å². The van der Waals surface area contributed by atoms with Crippen molar-refractivity contribution in [1.82, 2.24) is 15.4 Å². The van der Waals surface area contributed by atoms with Crippen LogP contribution in [0, 0.1) is 11.6 Å². The van der Waals surface area contributed by atoms with Gasteiger partial charge in [-0.25, -0.2) is 8.78 Å². The van der Waals surface area contributed by atoms with Gasteiger partial charge >= 0.3 is 0 Å². The van der Waals surface area contributed by atoms with Gasteiger partial charge in [-0.2, -0.15) is 0 Å². The molecule has 5 nitrogen and oxygen atoms in total. The number of halogens is 2. The van der Waals surface area contributed by atoms with Crippen molar-refractivity contribution in [1.29, 1.82) is 0 Å². The summed E-state index contributed by atoms with van der Waals surface area (Å²) < 4.78 is 26.3. The zero-order valence-electron chi connectivity index (χ0n) is 13.2. The van der Waals surface area contributed by atoms with Gasteiger partial charge in [0.25, 0.3) is 0 Å². The average molecular weight is 339 g/mol. The summed E-state index contributed by atoms with van der Waals surface area (Å²) in [6.45, 7) is 0.900. The number of nitrogens with one attached hydrogen (secondary N) is 1. The van der Waals surface area contributed by atoms with Crippen LogP contribution >= 0.6 is 0 Å². The minimum absolute atomic E-state index is 0.0661. The third-order valence-corrected chi connectivity index (χ3v) is 4.12.